The number of esters is 2. The highest BCUT2D eigenvalue weighted by atomic mass is 16.6. The molecule has 4 N–H and O–H groups in total. The smallest absolute Gasteiger partial charge is 0.373 e. The number of hydrogen-bond donors (Lipinski definition) is 4. The quantitative estimate of drug-likeness (QED) is 0.200. The van der Waals surface area contributed by atoms with Gasteiger partial charge in [-0.25, -0.2) is 14.4 Å². The zero-order valence-corrected chi connectivity index (χ0v) is 30.4. The predicted molar refractivity (Wildman–Crippen MR) is 182 cm³/mol. The van der Waals surface area contributed by atoms with Crippen LogP contribution >= 0.6 is 0 Å². The zero-order valence-electron chi connectivity index (χ0n) is 30.4. The van der Waals surface area contributed by atoms with Gasteiger partial charge in [0.1, 0.15) is 18.3 Å². The molecule has 49 heavy (non-hydrogen) atoms. The van der Waals surface area contributed by atoms with Gasteiger partial charge in [-0.05, 0) is 39.2 Å². The number of allylic oxidation sites excluding steroid dienone is 5. The topological polar surface area (TPSA) is 178 Å². The van der Waals surface area contributed by atoms with Crippen molar-refractivity contribution >= 4 is 17.9 Å². The molecule has 0 amide bonds. The van der Waals surface area contributed by atoms with Gasteiger partial charge in [0.2, 0.25) is 5.76 Å². The molecule has 2 heterocycles. The van der Waals surface area contributed by atoms with Crippen LogP contribution in [0.15, 0.2) is 59.4 Å². The van der Waals surface area contributed by atoms with Gasteiger partial charge in [0.25, 0.3) is 0 Å². The molecule has 0 aromatic rings. The molecule has 0 aromatic heterocycles. The summed E-state index contributed by atoms with van der Waals surface area (Å²) in [6.07, 6.45) is 5.34. The van der Waals surface area contributed by atoms with E-state index in [0.717, 1.165) is 11.6 Å². The summed E-state index contributed by atoms with van der Waals surface area (Å²) in [5.41, 5.74) is 1.70. The van der Waals surface area contributed by atoms with Gasteiger partial charge in [-0.2, -0.15) is 0 Å². The van der Waals surface area contributed by atoms with Crippen LogP contribution in [0.2, 0.25) is 0 Å². The number of methoxy groups -OCH3 is 2. The van der Waals surface area contributed by atoms with Crippen LogP contribution < -0.4 is 0 Å². The van der Waals surface area contributed by atoms with Crippen LogP contribution in [0.4, 0.5) is 0 Å². The number of carbonyl (C=O) groups is 3. The van der Waals surface area contributed by atoms with Crippen LogP contribution in [0, 0.1) is 29.6 Å². The second-order valence-corrected chi connectivity index (χ2v) is 13.6. The molecule has 2 aliphatic heterocycles. The molecule has 276 valence electrons. The number of hydrogen-bond acceptors (Lipinski definition) is 11. The first-order valence-electron chi connectivity index (χ1n) is 16.7. The molecule has 12 unspecified atom stereocenters. The highest BCUT2D eigenvalue weighted by molar-refractivity contribution is 5.90. The van der Waals surface area contributed by atoms with Gasteiger partial charge in [-0.15, -0.1) is 0 Å². The molecular weight excluding hydrogens is 636 g/mol. The van der Waals surface area contributed by atoms with E-state index in [4.69, 9.17) is 28.8 Å². The molecule has 12 nitrogen and oxygen atoms in total. The van der Waals surface area contributed by atoms with E-state index in [1.807, 2.05) is 32.9 Å². The number of carbonyl (C=O) groups excluding carboxylic acids is 2. The largest absolute Gasteiger partial charge is 0.490 e. The molecule has 1 saturated heterocycles. The Kier molecular flexibility index (Phi) is 15.9. The van der Waals surface area contributed by atoms with Crippen LogP contribution in [0.3, 0.4) is 0 Å². The number of aliphatic hydroxyl groups excluding tert-OH is 2. The van der Waals surface area contributed by atoms with Gasteiger partial charge in [-0.3, -0.25) is 0 Å². The summed E-state index contributed by atoms with van der Waals surface area (Å²) < 4.78 is 28.7. The second-order valence-electron chi connectivity index (χ2n) is 13.6. The van der Waals surface area contributed by atoms with E-state index in [1.54, 1.807) is 46.8 Å². The molecule has 2 aliphatic rings. The van der Waals surface area contributed by atoms with Crippen molar-refractivity contribution in [3.8, 4) is 0 Å². The lowest BCUT2D eigenvalue weighted by atomic mass is 9.77. The molecule has 0 radical (unpaired) electrons. The third-order valence-corrected chi connectivity index (χ3v) is 9.71. The summed E-state index contributed by atoms with van der Waals surface area (Å²) in [6, 6.07) is 0. The first-order chi connectivity index (χ1) is 22.8. The number of carboxylic acids is 1. The SMILES string of the molecule is CO/C1=C/C(C)=C/C(C)C(O)C(C)C/C(C)=C/C=C\C(OC)C(C(C)C(O)C(C)C2(O)CC(OC(=O)/C=C/C(=O)O)C(C)C(C)O2)OC1=O. The lowest BCUT2D eigenvalue weighted by Crippen LogP contribution is -2.58. The van der Waals surface area contributed by atoms with Gasteiger partial charge < -0.3 is 44.1 Å². The molecule has 12 heteroatoms. The fourth-order valence-corrected chi connectivity index (χ4v) is 6.43. The van der Waals surface area contributed by atoms with Crippen molar-refractivity contribution in [1.82, 2.24) is 0 Å². The Balaban J connectivity index is 2.49. The summed E-state index contributed by atoms with van der Waals surface area (Å²) in [7, 11) is 2.79. The predicted octanol–water partition coefficient (Wildman–Crippen LogP) is 4.25. The second kappa shape index (κ2) is 18.6. The Labute approximate surface area is 290 Å². The number of ether oxygens (including phenoxy) is 5. The van der Waals surface area contributed by atoms with E-state index in [-0.39, 0.29) is 29.9 Å². The minimum atomic E-state index is -1.97. The van der Waals surface area contributed by atoms with Crippen LogP contribution in [-0.2, 0) is 38.1 Å². The van der Waals surface area contributed by atoms with Crippen molar-refractivity contribution in [3.05, 3.63) is 59.4 Å². The summed E-state index contributed by atoms with van der Waals surface area (Å²) >= 11 is 0. The van der Waals surface area contributed by atoms with Crippen LogP contribution in [0.25, 0.3) is 0 Å². The molecular formula is C37H56O12. The first kappa shape index (κ1) is 41.9. The minimum Gasteiger partial charge on any atom is -0.490 e. The zero-order chi connectivity index (χ0) is 37.2. The molecule has 0 aliphatic carbocycles. The van der Waals surface area contributed by atoms with E-state index >= 15 is 0 Å². The average molecular weight is 693 g/mol. The standard InChI is InChI=1S/C37H56O12/c1-20-12-11-13-28(45-9)35(48-36(43)29(46-10)18-21(2)17-23(4)33(41)22(3)16-20)25(6)34(42)26(7)37(44)19-30(24(5)27(8)49-37)47-32(40)15-14-31(38)39/h11-15,17-18,22-28,30,33-35,41-42,44H,16,19H2,1-10H3,(H,38,39)/b13-11-,15-14+,20-12+,21-17+,29-18+. The summed E-state index contributed by atoms with van der Waals surface area (Å²) in [6.45, 7) is 14.4. The van der Waals surface area contributed by atoms with Crippen molar-refractivity contribution in [3.63, 3.8) is 0 Å². The first-order valence-corrected chi connectivity index (χ1v) is 16.7. The Morgan fingerprint density at radius 3 is 2.35 bits per heavy atom. The molecule has 0 spiro atoms. The summed E-state index contributed by atoms with van der Waals surface area (Å²) in [5.74, 6) is -7.51. The third-order valence-electron chi connectivity index (χ3n) is 9.71. The summed E-state index contributed by atoms with van der Waals surface area (Å²) in [5, 5.41) is 43.3. The van der Waals surface area contributed by atoms with E-state index in [9.17, 15) is 29.7 Å². The fourth-order valence-electron chi connectivity index (χ4n) is 6.43. The van der Waals surface area contributed by atoms with Crippen LogP contribution in [0.5, 0.6) is 0 Å². The van der Waals surface area contributed by atoms with Crippen molar-refractivity contribution in [2.24, 2.45) is 29.6 Å². The van der Waals surface area contributed by atoms with Crippen LogP contribution in [0.1, 0.15) is 68.2 Å². The Morgan fingerprint density at radius 2 is 1.76 bits per heavy atom. The van der Waals surface area contributed by atoms with E-state index in [0.29, 0.717) is 18.1 Å². The molecule has 0 saturated carbocycles. The molecule has 1 fully saturated rings. The number of carboxylic acid groups (broad SMARTS) is 1. The van der Waals surface area contributed by atoms with Gasteiger partial charge >= 0.3 is 17.9 Å². The number of cyclic esters (lactones) is 1. The van der Waals surface area contributed by atoms with Crippen molar-refractivity contribution in [1.29, 1.82) is 0 Å². The Bertz CT molecular complexity index is 1300. The van der Waals surface area contributed by atoms with Crippen molar-refractivity contribution in [2.45, 2.75) is 111 Å². The monoisotopic (exact) mass is 692 g/mol. The number of aliphatic hydroxyl groups is 3. The van der Waals surface area contributed by atoms with E-state index < -0.39 is 72.2 Å². The molecule has 12 atom stereocenters. The lowest BCUT2D eigenvalue weighted by Gasteiger charge is -2.48. The van der Waals surface area contributed by atoms with E-state index in [1.165, 1.54) is 20.3 Å². The van der Waals surface area contributed by atoms with Crippen molar-refractivity contribution < 1.29 is 58.5 Å². The Morgan fingerprint density at radius 1 is 1.10 bits per heavy atom. The average Bonchev–Trinajstić information content (AvgIpc) is 3.03. The minimum absolute atomic E-state index is 0.0436. The number of rotatable bonds is 9. The molecule has 0 aromatic carbocycles. The maximum Gasteiger partial charge on any atom is 0.373 e. The van der Waals surface area contributed by atoms with Crippen molar-refractivity contribution in [2.75, 3.05) is 14.2 Å². The Hall–Kier alpha value is -3.29. The van der Waals surface area contributed by atoms with Gasteiger partial charge in [0, 0.05) is 49.4 Å². The lowest BCUT2D eigenvalue weighted by molar-refractivity contribution is -0.319. The van der Waals surface area contributed by atoms with Gasteiger partial charge in [-0.1, -0.05) is 70.1 Å². The molecule has 2 rings (SSSR count). The highest BCUT2D eigenvalue weighted by Gasteiger charge is 2.51. The van der Waals surface area contributed by atoms with E-state index in [2.05, 4.69) is 0 Å². The third kappa shape index (κ3) is 11.6. The van der Waals surface area contributed by atoms with Gasteiger partial charge in [0.15, 0.2) is 5.79 Å². The normalized spacial score (nSPS) is 38.0. The summed E-state index contributed by atoms with van der Waals surface area (Å²) in [4.78, 5) is 36.7. The van der Waals surface area contributed by atoms with Gasteiger partial charge in [0.05, 0.1) is 25.4 Å². The fraction of sp³-hybridized carbons (Fsp3) is 0.649. The molecule has 0 bridgehead atoms. The van der Waals surface area contributed by atoms with Crippen LogP contribution in [-0.4, -0.2) is 95.0 Å². The maximum absolute atomic E-state index is 13.6. The number of aliphatic carboxylic acids is 1. The highest BCUT2D eigenvalue weighted by Crippen LogP contribution is 2.41. The maximum atomic E-state index is 13.6.